The fraction of sp³-hybridized carbons (Fsp3) is 0.769. The fourth-order valence-corrected chi connectivity index (χ4v) is 3.75. The van der Waals surface area contributed by atoms with Gasteiger partial charge in [-0.15, -0.1) is 0 Å². The standard InChI is InChI=1S/C13H22N4O2S/c1-3-7-14-9-5-4-6-10(8-9)20-13-15-11(18)12(19)16-17(13)2/h9-10,14H,3-8H2,1-2H3,(H,16,19). The lowest BCUT2D eigenvalue weighted by Gasteiger charge is -2.29. The van der Waals surface area contributed by atoms with Gasteiger partial charge in [-0.25, -0.2) is 0 Å². The molecule has 6 nitrogen and oxygen atoms in total. The van der Waals surface area contributed by atoms with Crippen LogP contribution in [0.3, 0.4) is 0 Å². The minimum Gasteiger partial charge on any atom is -0.314 e. The number of aromatic amines is 1. The molecular formula is C13H22N4O2S. The van der Waals surface area contributed by atoms with Crippen LogP contribution in [-0.2, 0) is 7.05 Å². The molecule has 1 fully saturated rings. The van der Waals surface area contributed by atoms with Gasteiger partial charge in [-0.05, 0) is 32.2 Å². The smallest absolute Gasteiger partial charge is 0.314 e. The topological polar surface area (TPSA) is 79.8 Å². The van der Waals surface area contributed by atoms with Crippen LogP contribution < -0.4 is 16.4 Å². The van der Waals surface area contributed by atoms with E-state index < -0.39 is 11.1 Å². The van der Waals surface area contributed by atoms with Crippen molar-refractivity contribution >= 4 is 11.8 Å². The zero-order valence-corrected chi connectivity index (χ0v) is 12.8. The monoisotopic (exact) mass is 298 g/mol. The lowest BCUT2D eigenvalue weighted by Crippen LogP contribution is -2.37. The Labute approximate surface area is 122 Å². The Kier molecular flexibility index (Phi) is 5.42. The molecule has 0 spiro atoms. The van der Waals surface area contributed by atoms with E-state index >= 15 is 0 Å². The van der Waals surface area contributed by atoms with E-state index in [1.54, 1.807) is 18.8 Å². The summed E-state index contributed by atoms with van der Waals surface area (Å²) >= 11 is 1.59. The van der Waals surface area contributed by atoms with Crippen LogP contribution in [0.25, 0.3) is 0 Å². The van der Waals surface area contributed by atoms with Crippen molar-refractivity contribution in [1.82, 2.24) is 20.1 Å². The van der Waals surface area contributed by atoms with Crippen molar-refractivity contribution in [2.45, 2.75) is 55.5 Å². The Balaban J connectivity index is 2.01. The molecule has 0 radical (unpaired) electrons. The number of thioether (sulfide) groups is 1. The third-order valence-corrected chi connectivity index (χ3v) is 4.87. The molecule has 112 valence electrons. The zero-order chi connectivity index (χ0) is 14.5. The number of nitrogens with one attached hydrogen (secondary N) is 2. The Bertz CT molecular complexity index is 554. The normalized spacial score (nSPS) is 22.9. The molecule has 1 aromatic heterocycles. The number of rotatable bonds is 5. The van der Waals surface area contributed by atoms with Gasteiger partial charge in [0, 0.05) is 18.3 Å². The van der Waals surface area contributed by atoms with E-state index in [2.05, 4.69) is 22.3 Å². The molecule has 0 bridgehead atoms. The summed E-state index contributed by atoms with van der Waals surface area (Å²) in [4.78, 5) is 26.4. The SMILES string of the molecule is CCCNC1CCCC(Sc2nc(=O)c(=O)[nH]n2C)C1. The number of H-pyrrole nitrogens is 1. The highest BCUT2D eigenvalue weighted by molar-refractivity contribution is 7.99. The van der Waals surface area contributed by atoms with Crippen LogP contribution in [0.4, 0.5) is 0 Å². The maximum atomic E-state index is 11.3. The third kappa shape index (κ3) is 3.96. The van der Waals surface area contributed by atoms with Gasteiger partial charge in [-0.1, -0.05) is 25.1 Å². The van der Waals surface area contributed by atoms with Gasteiger partial charge < -0.3 is 5.32 Å². The third-order valence-electron chi connectivity index (χ3n) is 3.53. The molecule has 2 atom stereocenters. The van der Waals surface area contributed by atoms with E-state index in [0.29, 0.717) is 16.4 Å². The predicted molar refractivity (Wildman–Crippen MR) is 80.3 cm³/mol. The largest absolute Gasteiger partial charge is 0.339 e. The Morgan fingerprint density at radius 1 is 1.45 bits per heavy atom. The lowest BCUT2D eigenvalue weighted by atomic mass is 9.95. The van der Waals surface area contributed by atoms with Crippen molar-refractivity contribution in [3.63, 3.8) is 0 Å². The Morgan fingerprint density at radius 2 is 2.25 bits per heavy atom. The first-order valence-electron chi connectivity index (χ1n) is 7.17. The number of aryl methyl sites for hydroxylation is 1. The molecule has 1 saturated carbocycles. The van der Waals surface area contributed by atoms with Crippen LogP contribution >= 0.6 is 11.8 Å². The molecule has 0 amide bonds. The van der Waals surface area contributed by atoms with E-state index in [-0.39, 0.29) is 0 Å². The molecule has 1 aliphatic carbocycles. The molecular weight excluding hydrogens is 276 g/mol. The molecule has 0 saturated heterocycles. The second-order valence-electron chi connectivity index (χ2n) is 5.26. The first-order chi connectivity index (χ1) is 9.60. The van der Waals surface area contributed by atoms with Crippen molar-refractivity contribution in [2.75, 3.05) is 6.54 Å². The number of hydrogen-bond acceptors (Lipinski definition) is 5. The van der Waals surface area contributed by atoms with Gasteiger partial charge in [0.1, 0.15) is 0 Å². The fourth-order valence-electron chi connectivity index (χ4n) is 2.50. The van der Waals surface area contributed by atoms with Gasteiger partial charge in [-0.2, -0.15) is 4.98 Å². The molecule has 1 aliphatic rings. The Hall–Kier alpha value is -1.08. The van der Waals surface area contributed by atoms with Crippen LogP contribution in [0.5, 0.6) is 0 Å². The van der Waals surface area contributed by atoms with Crippen LogP contribution in [0.1, 0.15) is 39.0 Å². The van der Waals surface area contributed by atoms with E-state index in [1.165, 1.54) is 17.5 Å². The molecule has 7 heteroatoms. The van der Waals surface area contributed by atoms with Crippen LogP contribution in [0.2, 0.25) is 0 Å². The maximum Gasteiger partial charge on any atom is 0.339 e. The van der Waals surface area contributed by atoms with E-state index in [9.17, 15) is 9.59 Å². The summed E-state index contributed by atoms with van der Waals surface area (Å²) in [7, 11) is 1.71. The highest BCUT2D eigenvalue weighted by atomic mass is 32.2. The van der Waals surface area contributed by atoms with Gasteiger partial charge >= 0.3 is 11.1 Å². The molecule has 0 aromatic carbocycles. The highest BCUT2D eigenvalue weighted by Crippen LogP contribution is 2.31. The van der Waals surface area contributed by atoms with E-state index in [1.807, 2.05) is 0 Å². The van der Waals surface area contributed by atoms with Crippen LogP contribution in [-0.4, -0.2) is 32.6 Å². The summed E-state index contributed by atoms with van der Waals surface area (Å²) in [5.74, 6) is 0. The molecule has 0 aliphatic heterocycles. The first-order valence-corrected chi connectivity index (χ1v) is 8.05. The second kappa shape index (κ2) is 7.08. The van der Waals surface area contributed by atoms with Crippen molar-refractivity contribution in [1.29, 1.82) is 0 Å². The van der Waals surface area contributed by atoms with Crippen molar-refractivity contribution in [3.8, 4) is 0 Å². The molecule has 2 rings (SSSR count). The number of hydrogen-bond donors (Lipinski definition) is 2. The average molecular weight is 298 g/mol. The van der Waals surface area contributed by atoms with Crippen molar-refractivity contribution in [3.05, 3.63) is 20.7 Å². The van der Waals surface area contributed by atoms with Crippen LogP contribution in [0.15, 0.2) is 14.7 Å². The number of nitrogens with zero attached hydrogens (tertiary/aromatic N) is 2. The van der Waals surface area contributed by atoms with Gasteiger partial charge in [0.15, 0.2) is 5.16 Å². The van der Waals surface area contributed by atoms with Gasteiger partial charge in [0.2, 0.25) is 0 Å². The highest BCUT2D eigenvalue weighted by Gasteiger charge is 2.23. The summed E-state index contributed by atoms with van der Waals surface area (Å²) in [6.45, 7) is 3.22. The van der Waals surface area contributed by atoms with Gasteiger partial charge in [-0.3, -0.25) is 19.4 Å². The maximum absolute atomic E-state index is 11.3. The minimum atomic E-state index is -0.706. The molecule has 1 aromatic rings. The molecule has 2 N–H and O–H groups in total. The zero-order valence-electron chi connectivity index (χ0n) is 12.0. The lowest BCUT2D eigenvalue weighted by molar-refractivity contribution is 0.381. The van der Waals surface area contributed by atoms with E-state index in [0.717, 1.165) is 25.8 Å². The quantitative estimate of drug-likeness (QED) is 0.789. The van der Waals surface area contributed by atoms with Crippen molar-refractivity contribution in [2.24, 2.45) is 7.05 Å². The van der Waals surface area contributed by atoms with E-state index in [4.69, 9.17) is 0 Å². The molecule has 2 unspecified atom stereocenters. The Morgan fingerprint density at radius 3 is 3.00 bits per heavy atom. The van der Waals surface area contributed by atoms with Crippen LogP contribution in [0, 0.1) is 0 Å². The second-order valence-corrected chi connectivity index (χ2v) is 6.52. The summed E-state index contributed by atoms with van der Waals surface area (Å²) < 4.78 is 1.54. The van der Waals surface area contributed by atoms with Gasteiger partial charge in [0.25, 0.3) is 0 Å². The summed E-state index contributed by atoms with van der Waals surface area (Å²) in [5.41, 5.74) is -1.37. The molecule has 1 heterocycles. The predicted octanol–water partition coefficient (Wildman–Crippen LogP) is 0.871. The average Bonchev–Trinajstić information content (AvgIpc) is 2.43. The number of aromatic nitrogens is 3. The van der Waals surface area contributed by atoms with Crippen molar-refractivity contribution < 1.29 is 0 Å². The minimum absolute atomic E-state index is 0.446. The summed E-state index contributed by atoms with van der Waals surface area (Å²) in [6, 6.07) is 0.556. The first kappa shape index (κ1) is 15.3. The summed E-state index contributed by atoms with van der Waals surface area (Å²) in [6.07, 6.45) is 5.76. The summed E-state index contributed by atoms with van der Waals surface area (Å²) in [5, 5.41) is 7.09. The molecule has 20 heavy (non-hydrogen) atoms. The van der Waals surface area contributed by atoms with Gasteiger partial charge in [0.05, 0.1) is 0 Å².